The second-order valence-electron chi connectivity index (χ2n) is 14.5. The summed E-state index contributed by atoms with van der Waals surface area (Å²) in [5, 5.41) is 35.7. The van der Waals surface area contributed by atoms with E-state index in [-0.39, 0.29) is 48.0 Å². The maximum absolute atomic E-state index is 12.5. The van der Waals surface area contributed by atoms with Gasteiger partial charge in [0.05, 0.1) is 30.0 Å². The summed E-state index contributed by atoms with van der Waals surface area (Å²) in [6.07, 6.45) is 3.19. The second-order valence-corrected chi connectivity index (χ2v) is 14.5. The highest BCUT2D eigenvalue weighted by Crippen LogP contribution is 2.70. The summed E-state index contributed by atoms with van der Waals surface area (Å²) in [7, 11) is 0. The Hall–Kier alpha value is -1.56. The van der Waals surface area contributed by atoms with Gasteiger partial charge in [-0.3, -0.25) is 4.79 Å². The molecule has 0 aromatic rings. The van der Waals surface area contributed by atoms with E-state index in [1.807, 2.05) is 6.92 Å². The third kappa shape index (κ3) is 3.83. The second kappa shape index (κ2) is 9.22. The highest BCUT2D eigenvalue weighted by Gasteiger charge is 2.72. The average Bonchev–Trinajstić information content (AvgIpc) is 3.41. The first-order valence-corrected chi connectivity index (χ1v) is 15.5. The molecule has 0 aromatic carbocycles. The van der Waals surface area contributed by atoms with Gasteiger partial charge < -0.3 is 39.0 Å². The molecule has 10 heteroatoms. The number of hydrogen-bond donors (Lipinski definition) is 3. The summed E-state index contributed by atoms with van der Waals surface area (Å²) in [5.74, 6) is -2.48. The summed E-state index contributed by atoms with van der Waals surface area (Å²) in [4.78, 5) is 23.8. The van der Waals surface area contributed by atoms with Crippen LogP contribution in [0.1, 0.15) is 79.1 Å². The molecule has 0 radical (unpaired) electrons. The minimum atomic E-state index is -1.90. The number of ether oxygens (including phenoxy) is 5. The van der Waals surface area contributed by atoms with Crippen molar-refractivity contribution in [2.75, 3.05) is 6.61 Å². The third-order valence-corrected chi connectivity index (χ3v) is 12.6. The van der Waals surface area contributed by atoms with Crippen LogP contribution in [0.5, 0.6) is 0 Å². The standard InChI is InChI=1S/C31H44O10/c1-15-9-25(39-16(2)32)31(36)27(38-15)40-22-11-18-5-6-20-19(28(18,3)13-23(22)41-31)7-8-29(4)21(12-24(33)30(20,29)35)17-10-26(34)37-14-17/h10,15,18-25,27,33,35-36H,5-9,11-14H2,1-4H3/t15-,18-,19+,20-,21-,22-,23-,24-,25+,27+,28+,29-,30-,31+/m1/s1. The van der Waals surface area contributed by atoms with Crippen LogP contribution in [0.3, 0.4) is 0 Å². The molecular weight excluding hydrogens is 532 g/mol. The van der Waals surface area contributed by atoms with Gasteiger partial charge in [-0.15, -0.1) is 0 Å². The van der Waals surface area contributed by atoms with Gasteiger partial charge in [-0.2, -0.15) is 0 Å². The van der Waals surface area contributed by atoms with E-state index >= 15 is 0 Å². The molecule has 3 heterocycles. The first-order chi connectivity index (χ1) is 19.3. The molecule has 14 atom stereocenters. The minimum absolute atomic E-state index is 0.106. The fourth-order valence-electron chi connectivity index (χ4n) is 10.7. The predicted molar refractivity (Wildman–Crippen MR) is 142 cm³/mol. The zero-order valence-corrected chi connectivity index (χ0v) is 24.4. The number of esters is 2. The van der Waals surface area contributed by atoms with Gasteiger partial charge in [0.15, 0.2) is 6.10 Å². The first-order valence-electron chi connectivity index (χ1n) is 15.5. The molecule has 7 aliphatic rings. The average molecular weight is 577 g/mol. The summed E-state index contributed by atoms with van der Waals surface area (Å²) in [6.45, 7) is 7.78. The maximum atomic E-state index is 12.5. The number of carbonyl (C=O) groups is 2. The molecule has 3 N–H and O–H groups in total. The number of hydrogen-bond acceptors (Lipinski definition) is 10. The van der Waals surface area contributed by atoms with Crippen molar-refractivity contribution < 1.29 is 48.6 Å². The van der Waals surface area contributed by atoms with E-state index in [0.717, 1.165) is 37.7 Å². The van der Waals surface area contributed by atoms with E-state index in [1.165, 1.54) is 6.92 Å². The van der Waals surface area contributed by atoms with Crippen molar-refractivity contribution in [2.45, 2.75) is 127 Å². The summed E-state index contributed by atoms with van der Waals surface area (Å²) >= 11 is 0. The van der Waals surface area contributed by atoms with Crippen molar-refractivity contribution in [3.63, 3.8) is 0 Å². The van der Waals surface area contributed by atoms with Crippen molar-refractivity contribution >= 4 is 11.9 Å². The topological polar surface area (TPSA) is 141 Å². The van der Waals surface area contributed by atoms with E-state index in [9.17, 15) is 24.9 Å². The molecule has 0 aromatic heterocycles. The van der Waals surface area contributed by atoms with E-state index in [0.29, 0.717) is 25.2 Å². The molecule has 41 heavy (non-hydrogen) atoms. The largest absolute Gasteiger partial charge is 0.458 e. The van der Waals surface area contributed by atoms with E-state index in [2.05, 4.69) is 13.8 Å². The lowest BCUT2D eigenvalue weighted by molar-refractivity contribution is -0.458. The van der Waals surface area contributed by atoms with Gasteiger partial charge in [0.1, 0.15) is 6.61 Å². The zero-order valence-electron chi connectivity index (χ0n) is 24.4. The molecule has 6 fully saturated rings. The van der Waals surface area contributed by atoms with Crippen LogP contribution in [-0.4, -0.2) is 82.1 Å². The van der Waals surface area contributed by atoms with Gasteiger partial charge in [0, 0.05) is 24.8 Å². The third-order valence-electron chi connectivity index (χ3n) is 12.6. The maximum Gasteiger partial charge on any atom is 0.331 e. The fraction of sp³-hybridized carbons (Fsp3) is 0.871. The molecule has 4 aliphatic carbocycles. The van der Waals surface area contributed by atoms with Gasteiger partial charge in [-0.25, -0.2) is 4.79 Å². The SMILES string of the molecule is CC(=O)O[C@H]1C[C@@H](C)O[C@H]2O[C@@H]3C[C@H]4CC[C@@H]5[C@H](CC[C@]6(C)[C@@H](C7=CC(=O)OC7)C[C@@H](O)[C@]56O)[C@@]4(C)C[C@H]3O[C@]21O. The van der Waals surface area contributed by atoms with Crippen LogP contribution in [-0.2, 0) is 33.3 Å². The Kier molecular flexibility index (Phi) is 6.35. The number of fused-ring (bicyclic) bond motifs is 7. The Morgan fingerprint density at radius 2 is 1.83 bits per heavy atom. The molecule has 0 unspecified atom stereocenters. The molecule has 10 nitrogen and oxygen atoms in total. The lowest BCUT2D eigenvalue weighted by Gasteiger charge is -2.65. The van der Waals surface area contributed by atoms with Gasteiger partial charge in [-0.05, 0) is 86.5 Å². The monoisotopic (exact) mass is 576 g/mol. The van der Waals surface area contributed by atoms with Crippen LogP contribution in [0.2, 0.25) is 0 Å². The molecule has 2 saturated heterocycles. The number of cyclic esters (lactones) is 1. The summed E-state index contributed by atoms with van der Waals surface area (Å²) in [5.41, 5.74) is -1.17. The minimum Gasteiger partial charge on any atom is -0.458 e. The molecule has 0 amide bonds. The predicted octanol–water partition coefficient (Wildman–Crippen LogP) is 2.36. The Balaban J connectivity index is 1.17. The molecule has 3 aliphatic heterocycles. The molecule has 0 spiro atoms. The highest BCUT2D eigenvalue weighted by atomic mass is 16.8. The van der Waals surface area contributed by atoms with Crippen LogP contribution < -0.4 is 0 Å². The Labute approximate surface area is 240 Å². The van der Waals surface area contributed by atoms with Gasteiger partial charge in [0.2, 0.25) is 6.29 Å². The van der Waals surface area contributed by atoms with Gasteiger partial charge in [0.25, 0.3) is 5.79 Å². The number of aliphatic hydroxyl groups is 3. The van der Waals surface area contributed by atoms with E-state index in [4.69, 9.17) is 23.7 Å². The van der Waals surface area contributed by atoms with Crippen molar-refractivity contribution in [1.29, 1.82) is 0 Å². The van der Waals surface area contributed by atoms with E-state index in [1.54, 1.807) is 6.08 Å². The van der Waals surface area contributed by atoms with Gasteiger partial charge >= 0.3 is 11.9 Å². The van der Waals surface area contributed by atoms with Crippen molar-refractivity contribution in [1.82, 2.24) is 0 Å². The quantitative estimate of drug-likeness (QED) is 0.331. The molecule has 7 rings (SSSR count). The Morgan fingerprint density at radius 3 is 2.54 bits per heavy atom. The normalized spacial score (nSPS) is 55.9. The van der Waals surface area contributed by atoms with Crippen LogP contribution in [0.15, 0.2) is 11.6 Å². The van der Waals surface area contributed by atoms with Crippen LogP contribution >= 0.6 is 0 Å². The van der Waals surface area contributed by atoms with Crippen molar-refractivity contribution in [3.05, 3.63) is 11.6 Å². The van der Waals surface area contributed by atoms with Crippen LogP contribution in [0, 0.1) is 34.5 Å². The lowest BCUT2D eigenvalue weighted by atomic mass is 9.42. The smallest absolute Gasteiger partial charge is 0.331 e. The summed E-state index contributed by atoms with van der Waals surface area (Å²) in [6, 6.07) is 0. The molecule has 228 valence electrons. The Bertz CT molecular complexity index is 1160. The van der Waals surface area contributed by atoms with E-state index < -0.39 is 47.4 Å². The van der Waals surface area contributed by atoms with Crippen LogP contribution in [0.25, 0.3) is 0 Å². The first kappa shape index (κ1) is 28.2. The number of carbonyl (C=O) groups excluding carboxylic acids is 2. The Morgan fingerprint density at radius 1 is 1.05 bits per heavy atom. The highest BCUT2D eigenvalue weighted by molar-refractivity contribution is 5.85. The lowest BCUT2D eigenvalue weighted by Crippen LogP contribution is -2.71. The number of rotatable bonds is 2. The van der Waals surface area contributed by atoms with Gasteiger partial charge in [-0.1, -0.05) is 13.8 Å². The fourth-order valence-corrected chi connectivity index (χ4v) is 10.7. The summed E-state index contributed by atoms with van der Waals surface area (Å²) < 4.78 is 29.5. The van der Waals surface area contributed by atoms with Crippen LogP contribution in [0.4, 0.5) is 0 Å². The molecular formula is C31H44O10. The van der Waals surface area contributed by atoms with Crippen molar-refractivity contribution in [2.24, 2.45) is 34.5 Å². The van der Waals surface area contributed by atoms with Crippen molar-refractivity contribution in [3.8, 4) is 0 Å². The number of aliphatic hydroxyl groups excluding tert-OH is 1. The molecule has 4 saturated carbocycles. The zero-order chi connectivity index (χ0) is 29.1. The molecule has 0 bridgehead atoms.